The Kier molecular flexibility index (Phi) is 5.24. The average molecular weight is 385 g/mol. The van der Waals surface area contributed by atoms with Crippen LogP contribution < -0.4 is 21.1 Å². The number of primary sulfonamides is 1. The highest BCUT2D eigenvalue weighted by Gasteiger charge is 2.09. The summed E-state index contributed by atoms with van der Waals surface area (Å²) in [6.45, 7) is 2.35. The molecule has 1 aromatic heterocycles. The van der Waals surface area contributed by atoms with Gasteiger partial charge >= 0.3 is 6.03 Å². The van der Waals surface area contributed by atoms with Gasteiger partial charge in [0.1, 0.15) is 5.82 Å². The molecule has 0 atom stereocenters. The van der Waals surface area contributed by atoms with Crippen LogP contribution in [0.2, 0.25) is 0 Å². The van der Waals surface area contributed by atoms with Gasteiger partial charge in [0, 0.05) is 29.5 Å². The van der Waals surface area contributed by atoms with Crippen LogP contribution in [0.3, 0.4) is 0 Å². The zero-order valence-corrected chi connectivity index (χ0v) is 15.4. The molecule has 0 saturated heterocycles. The van der Waals surface area contributed by atoms with E-state index in [1.165, 1.54) is 12.1 Å². The number of urea groups is 1. The van der Waals surface area contributed by atoms with E-state index in [0.29, 0.717) is 18.1 Å². The van der Waals surface area contributed by atoms with Crippen LogP contribution in [0.15, 0.2) is 59.6 Å². The van der Waals surface area contributed by atoms with Crippen molar-refractivity contribution in [2.24, 2.45) is 5.14 Å². The van der Waals surface area contributed by atoms with Crippen LogP contribution in [0.4, 0.5) is 22.0 Å². The number of carbonyl (C=O) groups excluding carboxylic acids is 1. The molecule has 3 rings (SSSR count). The summed E-state index contributed by atoms with van der Waals surface area (Å²) < 4.78 is 23.0. The fraction of sp³-hybridized carbons (Fsp3) is 0.111. The van der Waals surface area contributed by atoms with Gasteiger partial charge in [0.15, 0.2) is 0 Å². The minimum absolute atomic E-state index is 0.0271. The second-order valence-corrected chi connectivity index (χ2v) is 7.34. The Morgan fingerprint density at radius 3 is 2.67 bits per heavy atom. The van der Waals surface area contributed by atoms with Crippen molar-refractivity contribution in [3.05, 3.63) is 54.7 Å². The molecule has 3 aromatic rings. The minimum Gasteiger partial charge on any atom is -0.355 e. The molecule has 0 bridgehead atoms. The van der Waals surface area contributed by atoms with Crippen LogP contribution in [-0.4, -0.2) is 26.0 Å². The van der Waals surface area contributed by atoms with E-state index < -0.39 is 10.0 Å². The predicted molar refractivity (Wildman–Crippen MR) is 106 cm³/mol. The number of amides is 2. The van der Waals surface area contributed by atoms with Crippen molar-refractivity contribution in [2.75, 3.05) is 17.2 Å². The highest BCUT2D eigenvalue weighted by atomic mass is 32.2. The van der Waals surface area contributed by atoms with Crippen LogP contribution in [0, 0.1) is 0 Å². The van der Waals surface area contributed by atoms with Crippen molar-refractivity contribution in [3.63, 3.8) is 0 Å². The molecule has 0 unspecified atom stereocenters. The number of nitrogens with zero attached hydrogens (tertiary/aromatic N) is 1. The van der Waals surface area contributed by atoms with E-state index >= 15 is 0 Å². The second kappa shape index (κ2) is 7.60. The molecule has 2 aromatic carbocycles. The zero-order chi connectivity index (χ0) is 19.4. The lowest BCUT2D eigenvalue weighted by molar-refractivity contribution is 0.252. The zero-order valence-electron chi connectivity index (χ0n) is 14.6. The van der Waals surface area contributed by atoms with Gasteiger partial charge in [-0.25, -0.2) is 23.3 Å². The minimum atomic E-state index is -3.78. The fourth-order valence-electron chi connectivity index (χ4n) is 2.58. The fourth-order valence-corrected chi connectivity index (χ4v) is 3.14. The first kappa shape index (κ1) is 18.6. The number of nitrogens with one attached hydrogen (secondary N) is 3. The summed E-state index contributed by atoms with van der Waals surface area (Å²) in [5.41, 5.74) is 1.33. The predicted octanol–water partition coefficient (Wildman–Crippen LogP) is 2.77. The number of fused-ring (bicyclic) bond motifs is 1. The standard InChI is InChI=1S/C18H19N5O3S/c1-2-20-18(24)23-17-9-12-5-3-8-16(15(12)11-21-17)22-13-6-4-7-14(10-13)27(19,25)26/h3-11,22H,2H2,1H3,(H2,19,25,26)(H2,20,21,23,24). The molecular formula is C18H19N5O3S. The molecule has 27 heavy (non-hydrogen) atoms. The number of benzene rings is 2. The molecule has 0 spiro atoms. The first-order valence-electron chi connectivity index (χ1n) is 8.20. The van der Waals surface area contributed by atoms with Gasteiger partial charge in [0.05, 0.1) is 4.90 Å². The molecule has 9 heteroatoms. The number of pyridine rings is 1. The topological polar surface area (TPSA) is 126 Å². The Morgan fingerprint density at radius 2 is 1.93 bits per heavy atom. The number of nitrogens with two attached hydrogens (primary N) is 1. The molecule has 2 amide bonds. The number of sulfonamides is 1. The monoisotopic (exact) mass is 385 g/mol. The van der Waals surface area contributed by atoms with Gasteiger partial charge < -0.3 is 10.6 Å². The van der Waals surface area contributed by atoms with Crippen molar-refractivity contribution in [1.82, 2.24) is 10.3 Å². The average Bonchev–Trinajstić information content (AvgIpc) is 2.61. The Labute approximate surface area is 156 Å². The van der Waals surface area contributed by atoms with Crippen LogP contribution in [-0.2, 0) is 10.0 Å². The van der Waals surface area contributed by atoms with Crippen molar-refractivity contribution in [2.45, 2.75) is 11.8 Å². The highest BCUT2D eigenvalue weighted by molar-refractivity contribution is 7.89. The Balaban J connectivity index is 1.91. The SMILES string of the molecule is CCNC(=O)Nc1cc2cccc(Nc3cccc(S(N)(=O)=O)c3)c2cn1. The Bertz CT molecular complexity index is 1100. The van der Waals surface area contributed by atoms with Gasteiger partial charge in [0.25, 0.3) is 0 Å². The summed E-state index contributed by atoms with van der Waals surface area (Å²) >= 11 is 0. The number of carbonyl (C=O) groups is 1. The van der Waals surface area contributed by atoms with E-state index in [9.17, 15) is 13.2 Å². The molecule has 5 N–H and O–H groups in total. The molecule has 0 aliphatic carbocycles. The summed E-state index contributed by atoms with van der Waals surface area (Å²) in [5, 5.41) is 15.4. The summed E-state index contributed by atoms with van der Waals surface area (Å²) in [6, 6.07) is 13.3. The van der Waals surface area contributed by atoms with Crippen LogP contribution in [0.1, 0.15) is 6.92 Å². The van der Waals surface area contributed by atoms with E-state index in [2.05, 4.69) is 20.9 Å². The van der Waals surface area contributed by atoms with E-state index in [-0.39, 0.29) is 10.9 Å². The molecule has 1 heterocycles. The van der Waals surface area contributed by atoms with Crippen molar-refractivity contribution in [1.29, 1.82) is 0 Å². The third kappa shape index (κ3) is 4.52. The maximum atomic E-state index is 11.6. The normalized spacial score (nSPS) is 11.2. The van der Waals surface area contributed by atoms with Crippen molar-refractivity contribution < 1.29 is 13.2 Å². The lowest BCUT2D eigenvalue weighted by Crippen LogP contribution is -2.28. The summed E-state index contributed by atoms with van der Waals surface area (Å²) in [5.74, 6) is 0.432. The summed E-state index contributed by atoms with van der Waals surface area (Å²) in [7, 11) is -3.78. The number of hydrogen-bond donors (Lipinski definition) is 4. The molecule has 0 radical (unpaired) electrons. The maximum absolute atomic E-state index is 11.6. The van der Waals surface area contributed by atoms with E-state index in [1.54, 1.807) is 24.4 Å². The Morgan fingerprint density at radius 1 is 1.15 bits per heavy atom. The largest absolute Gasteiger partial charge is 0.355 e. The number of hydrogen-bond acceptors (Lipinski definition) is 5. The van der Waals surface area contributed by atoms with E-state index in [0.717, 1.165) is 16.5 Å². The van der Waals surface area contributed by atoms with Crippen molar-refractivity contribution >= 4 is 44.0 Å². The smallest absolute Gasteiger partial charge is 0.320 e. The third-order valence-corrected chi connectivity index (χ3v) is 4.70. The summed E-state index contributed by atoms with van der Waals surface area (Å²) in [4.78, 5) is 15.9. The van der Waals surface area contributed by atoms with Gasteiger partial charge in [-0.3, -0.25) is 5.32 Å². The van der Waals surface area contributed by atoms with Crippen LogP contribution in [0.5, 0.6) is 0 Å². The third-order valence-electron chi connectivity index (χ3n) is 3.79. The lowest BCUT2D eigenvalue weighted by atomic mass is 10.1. The Hall–Kier alpha value is -3.17. The molecule has 0 aliphatic rings. The molecule has 140 valence electrons. The van der Waals surface area contributed by atoms with Gasteiger partial charge in [0.2, 0.25) is 10.0 Å². The molecular weight excluding hydrogens is 366 g/mol. The van der Waals surface area contributed by atoms with Crippen LogP contribution >= 0.6 is 0 Å². The van der Waals surface area contributed by atoms with E-state index in [4.69, 9.17) is 5.14 Å². The summed E-state index contributed by atoms with van der Waals surface area (Å²) in [6.07, 6.45) is 1.64. The molecule has 0 saturated carbocycles. The molecule has 0 aliphatic heterocycles. The maximum Gasteiger partial charge on any atom is 0.320 e. The first-order valence-corrected chi connectivity index (χ1v) is 9.75. The van der Waals surface area contributed by atoms with Crippen molar-refractivity contribution in [3.8, 4) is 0 Å². The first-order chi connectivity index (χ1) is 12.9. The van der Waals surface area contributed by atoms with Gasteiger partial charge in [-0.2, -0.15) is 0 Å². The molecule has 0 fully saturated rings. The molecule has 8 nitrogen and oxygen atoms in total. The highest BCUT2D eigenvalue weighted by Crippen LogP contribution is 2.28. The lowest BCUT2D eigenvalue weighted by Gasteiger charge is -2.12. The van der Waals surface area contributed by atoms with Crippen LogP contribution in [0.25, 0.3) is 10.8 Å². The van der Waals surface area contributed by atoms with Gasteiger partial charge in [-0.1, -0.05) is 18.2 Å². The number of aromatic nitrogens is 1. The van der Waals surface area contributed by atoms with Gasteiger partial charge in [-0.15, -0.1) is 0 Å². The number of rotatable bonds is 5. The number of anilines is 3. The quantitative estimate of drug-likeness (QED) is 0.537. The van der Waals surface area contributed by atoms with E-state index in [1.807, 2.05) is 25.1 Å². The second-order valence-electron chi connectivity index (χ2n) is 5.78. The van der Waals surface area contributed by atoms with Gasteiger partial charge in [-0.05, 0) is 42.6 Å².